The van der Waals surface area contributed by atoms with Gasteiger partial charge in [0.25, 0.3) is 0 Å². The standard InChI is InChI=1S/C38H22O2/c1-2-6-26-17-27(14-13-23(26)5-1)24-9-11-25(12-10-24)28-15-16-32-34-19-29-18-33-31-7-3-4-8-35(31)39-37(33)21-30(29)22-38(34)40-36(32)20-28/h1-22H. The quantitative estimate of drug-likeness (QED) is 0.231. The van der Waals surface area contributed by atoms with E-state index in [0.717, 1.165) is 54.8 Å². The minimum Gasteiger partial charge on any atom is -0.456 e. The molecule has 40 heavy (non-hydrogen) atoms. The second kappa shape index (κ2) is 8.08. The van der Waals surface area contributed by atoms with Crippen LogP contribution in [0.25, 0.3) is 87.7 Å². The molecule has 2 heteroatoms. The predicted octanol–water partition coefficient (Wildman–Crippen LogP) is 11.1. The molecule has 0 aliphatic rings. The minimum absolute atomic E-state index is 0.891. The highest BCUT2D eigenvalue weighted by molar-refractivity contribution is 6.15. The van der Waals surface area contributed by atoms with Crippen molar-refractivity contribution in [2.24, 2.45) is 0 Å². The van der Waals surface area contributed by atoms with E-state index in [1.807, 2.05) is 12.1 Å². The fourth-order valence-corrected chi connectivity index (χ4v) is 6.15. The Kier molecular flexibility index (Phi) is 4.36. The van der Waals surface area contributed by atoms with Gasteiger partial charge in [0.05, 0.1) is 0 Å². The highest BCUT2D eigenvalue weighted by atomic mass is 16.3. The fraction of sp³-hybridized carbons (Fsp3) is 0. The van der Waals surface area contributed by atoms with Gasteiger partial charge >= 0.3 is 0 Å². The molecule has 0 spiro atoms. The Bertz CT molecular complexity index is 2420. The molecule has 0 bridgehead atoms. The van der Waals surface area contributed by atoms with Crippen LogP contribution in [0.1, 0.15) is 0 Å². The Morgan fingerprint density at radius 1 is 0.275 bits per heavy atom. The average Bonchev–Trinajstić information content (AvgIpc) is 3.55. The highest BCUT2D eigenvalue weighted by Gasteiger charge is 2.13. The maximum Gasteiger partial charge on any atom is 0.136 e. The molecular weight excluding hydrogens is 488 g/mol. The van der Waals surface area contributed by atoms with Crippen LogP contribution in [0, 0.1) is 0 Å². The molecule has 0 amide bonds. The topological polar surface area (TPSA) is 26.3 Å². The first-order valence-corrected chi connectivity index (χ1v) is 13.6. The SMILES string of the molecule is c1ccc2cc(-c3ccc(-c4ccc5c(c4)oc4cc6cc7oc8ccccc8c7cc6cc45)cc3)ccc2c1. The third-order valence-corrected chi connectivity index (χ3v) is 8.23. The van der Waals surface area contributed by atoms with E-state index in [1.54, 1.807) is 0 Å². The van der Waals surface area contributed by atoms with Crippen LogP contribution in [0.15, 0.2) is 142 Å². The van der Waals surface area contributed by atoms with Crippen LogP contribution in [0.2, 0.25) is 0 Å². The summed E-state index contributed by atoms with van der Waals surface area (Å²) in [7, 11) is 0. The molecule has 7 aromatic carbocycles. The summed E-state index contributed by atoms with van der Waals surface area (Å²) >= 11 is 0. The van der Waals surface area contributed by atoms with E-state index >= 15 is 0 Å². The van der Waals surface area contributed by atoms with Gasteiger partial charge in [0, 0.05) is 21.5 Å². The number of rotatable bonds is 2. The summed E-state index contributed by atoms with van der Waals surface area (Å²) in [5.41, 5.74) is 8.36. The van der Waals surface area contributed by atoms with Crippen LogP contribution in [0.4, 0.5) is 0 Å². The van der Waals surface area contributed by atoms with Crippen molar-refractivity contribution >= 4 is 65.4 Å². The van der Waals surface area contributed by atoms with Gasteiger partial charge in [-0.05, 0) is 92.3 Å². The molecule has 0 N–H and O–H groups in total. The van der Waals surface area contributed by atoms with Crippen molar-refractivity contribution in [1.29, 1.82) is 0 Å². The minimum atomic E-state index is 0.891. The van der Waals surface area contributed by atoms with E-state index in [2.05, 4.69) is 121 Å². The van der Waals surface area contributed by atoms with Crippen LogP contribution in [0.5, 0.6) is 0 Å². The smallest absolute Gasteiger partial charge is 0.136 e. The van der Waals surface area contributed by atoms with Gasteiger partial charge in [-0.1, -0.05) is 84.9 Å². The maximum atomic E-state index is 6.40. The number of para-hydroxylation sites is 1. The monoisotopic (exact) mass is 510 g/mol. The molecule has 2 aromatic heterocycles. The van der Waals surface area contributed by atoms with Gasteiger partial charge in [0.15, 0.2) is 0 Å². The lowest BCUT2D eigenvalue weighted by Crippen LogP contribution is -1.81. The van der Waals surface area contributed by atoms with Gasteiger partial charge in [-0.3, -0.25) is 0 Å². The number of hydrogen-bond donors (Lipinski definition) is 0. The van der Waals surface area contributed by atoms with Gasteiger partial charge in [-0.2, -0.15) is 0 Å². The number of fused-ring (bicyclic) bond motifs is 8. The number of furan rings is 2. The largest absolute Gasteiger partial charge is 0.456 e. The lowest BCUT2D eigenvalue weighted by Gasteiger charge is -2.07. The first-order valence-electron chi connectivity index (χ1n) is 13.6. The van der Waals surface area contributed by atoms with Crippen LogP contribution < -0.4 is 0 Å². The Hall–Kier alpha value is -5.34. The molecule has 0 unspecified atom stereocenters. The Labute approximate surface area is 229 Å². The molecule has 2 nitrogen and oxygen atoms in total. The van der Waals surface area contributed by atoms with Crippen molar-refractivity contribution in [1.82, 2.24) is 0 Å². The summed E-state index contributed by atoms with van der Waals surface area (Å²) in [4.78, 5) is 0. The normalized spacial score (nSPS) is 12.0. The molecule has 0 saturated heterocycles. The van der Waals surface area contributed by atoms with Crippen LogP contribution >= 0.6 is 0 Å². The Morgan fingerprint density at radius 3 is 1.57 bits per heavy atom. The number of hydrogen-bond acceptors (Lipinski definition) is 2. The zero-order valence-electron chi connectivity index (χ0n) is 21.5. The average molecular weight is 511 g/mol. The third-order valence-electron chi connectivity index (χ3n) is 8.23. The van der Waals surface area contributed by atoms with E-state index in [1.165, 1.54) is 32.8 Å². The highest BCUT2D eigenvalue weighted by Crippen LogP contribution is 2.38. The molecule has 2 heterocycles. The van der Waals surface area contributed by atoms with Crippen molar-refractivity contribution in [2.75, 3.05) is 0 Å². The van der Waals surface area contributed by atoms with Gasteiger partial charge in [0.1, 0.15) is 22.3 Å². The van der Waals surface area contributed by atoms with Crippen LogP contribution in [-0.4, -0.2) is 0 Å². The first kappa shape index (κ1) is 21.6. The molecule has 0 aliphatic heterocycles. The zero-order chi connectivity index (χ0) is 26.2. The summed E-state index contributed by atoms with van der Waals surface area (Å²) in [6, 6.07) is 47.4. The molecule has 186 valence electrons. The molecular formula is C38H22O2. The van der Waals surface area contributed by atoms with Gasteiger partial charge in [-0.15, -0.1) is 0 Å². The molecule has 0 atom stereocenters. The van der Waals surface area contributed by atoms with Crippen LogP contribution in [-0.2, 0) is 0 Å². The van der Waals surface area contributed by atoms with E-state index in [-0.39, 0.29) is 0 Å². The molecule has 0 aliphatic carbocycles. The lowest BCUT2D eigenvalue weighted by molar-refractivity contribution is 0.668. The first-order chi connectivity index (χ1) is 19.8. The maximum absolute atomic E-state index is 6.40. The summed E-state index contributed by atoms with van der Waals surface area (Å²) in [5, 5.41) is 9.37. The fourth-order valence-electron chi connectivity index (χ4n) is 6.15. The second-order valence-corrected chi connectivity index (χ2v) is 10.6. The summed E-state index contributed by atoms with van der Waals surface area (Å²) in [6.45, 7) is 0. The van der Waals surface area contributed by atoms with Crippen molar-refractivity contribution in [3.63, 3.8) is 0 Å². The van der Waals surface area contributed by atoms with Crippen molar-refractivity contribution in [3.05, 3.63) is 133 Å². The third kappa shape index (κ3) is 3.23. The van der Waals surface area contributed by atoms with Crippen molar-refractivity contribution < 1.29 is 8.83 Å². The predicted molar refractivity (Wildman–Crippen MR) is 167 cm³/mol. The summed E-state index contributed by atoms with van der Waals surface area (Å²) in [5.74, 6) is 0. The van der Waals surface area contributed by atoms with Crippen LogP contribution in [0.3, 0.4) is 0 Å². The molecule has 9 aromatic rings. The molecule has 0 fully saturated rings. The molecule has 9 rings (SSSR count). The van der Waals surface area contributed by atoms with E-state index in [0.29, 0.717) is 0 Å². The molecule has 0 saturated carbocycles. The van der Waals surface area contributed by atoms with Crippen molar-refractivity contribution in [3.8, 4) is 22.3 Å². The number of benzene rings is 7. The van der Waals surface area contributed by atoms with Crippen molar-refractivity contribution in [2.45, 2.75) is 0 Å². The lowest BCUT2D eigenvalue weighted by atomic mass is 9.97. The van der Waals surface area contributed by atoms with Gasteiger partial charge in [-0.25, -0.2) is 0 Å². The van der Waals surface area contributed by atoms with E-state index in [9.17, 15) is 0 Å². The summed E-state index contributed by atoms with van der Waals surface area (Å²) < 4.78 is 12.5. The second-order valence-electron chi connectivity index (χ2n) is 10.6. The zero-order valence-corrected chi connectivity index (χ0v) is 21.5. The Morgan fingerprint density at radius 2 is 0.800 bits per heavy atom. The molecule has 0 radical (unpaired) electrons. The van der Waals surface area contributed by atoms with Gasteiger partial charge < -0.3 is 8.83 Å². The van der Waals surface area contributed by atoms with E-state index < -0.39 is 0 Å². The Balaban J connectivity index is 1.12. The van der Waals surface area contributed by atoms with E-state index in [4.69, 9.17) is 8.83 Å². The van der Waals surface area contributed by atoms with Gasteiger partial charge in [0.2, 0.25) is 0 Å². The summed E-state index contributed by atoms with van der Waals surface area (Å²) in [6.07, 6.45) is 0.